The summed E-state index contributed by atoms with van der Waals surface area (Å²) in [4.78, 5) is 4.42. The number of rotatable bonds is 5. The van der Waals surface area contributed by atoms with E-state index in [1.807, 2.05) is 32.9 Å². The Morgan fingerprint density at radius 3 is 2.61 bits per heavy atom. The predicted octanol–water partition coefficient (Wildman–Crippen LogP) is 3.44. The average Bonchev–Trinajstić information content (AvgIpc) is 2.21. The van der Waals surface area contributed by atoms with Crippen molar-refractivity contribution in [3.8, 4) is 5.88 Å². The van der Waals surface area contributed by atoms with Crippen LogP contribution in [0.1, 0.15) is 47.5 Å². The van der Waals surface area contributed by atoms with Crippen LogP contribution in [0.4, 0.5) is 11.5 Å². The van der Waals surface area contributed by atoms with E-state index in [2.05, 4.69) is 24.1 Å². The van der Waals surface area contributed by atoms with Gasteiger partial charge in [-0.05, 0) is 46.2 Å². The van der Waals surface area contributed by atoms with Gasteiger partial charge in [0.1, 0.15) is 11.4 Å². The Bertz CT molecular complexity index is 385. The summed E-state index contributed by atoms with van der Waals surface area (Å²) in [5.74, 6) is 1.31. The van der Waals surface area contributed by atoms with E-state index in [4.69, 9.17) is 10.5 Å². The molecule has 1 aromatic rings. The fraction of sp³-hybridized carbons (Fsp3) is 0.643. The largest absolute Gasteiger partial charge is 0.470 e. The van der Waals surface area contributed by atoms with Crippen LogP contribution in [0.25, 0.3) is 0 Å². The zero-order valence-electron chi connectivity index (χ0n) is 12.1. The normalized spacial score (nSPS) is 13.2. The number of pyridine rings is 1. The van der Waals surface area contributed by atoms with Gasteiger partial charge in [-0.1, -0.05) is 13.3 Å². The van der Waals surface area contributed by atoms with Crippen molar-refractivity contribution in [1.82, 2.24) is 4.98 Å². The molecule has 0 saturated heterocycles. The first-order chi connectivity index (χ1) is 8.31. The van der Waals surface area contributed by atoms with Gasteiger partial charge in [0.25, 0.3) is 0 Å². The van der Waals surface area contributed by atoms with Crippen molar-refractivity contribution in [3.05, 3.63) is 12.1 Å². The Kier molecular flexibility index (Phi) is 4.82. The minimum atomic E-state index is -0.297. The molecule has 4 heteroatoms. The predicted molar refractivity (Wildman–Crippen MR) is 77.0 cm³/mol. The van der Waals surface area contributed by atoms with Gasteiger partial charge < -0.3 is 15.8 Å². The highest BCUT2D eigenvalue weighted by molar-refractivity contribution is 5.54. The monoisotopic (exact) mass is 251 g/mol. The third kappa shape index (κ3) is 4.82. The van der Waals surface area contributed by atoms with Crippen LogP contribution in [0.3, 0.4) is 0 Å². The van der Waals surface area contributed by atoms with E-state index in [-0.39, 0.29) is 5.60 Å². The highest BCUT2D eigenvalue weighted by Crippen LogP contribution is 2.25. The second kappa shape index (κ2) is 5.94. The summed E-state index contributed by atoms with van der Waals surface area (Å²) in [6, 6.07) is 4.11. The summed E-state index contributed by atoms with van der Waals surface area (Å²) in [6.07, 6.45) is 2.26. The molecule has 1 atom stereocenters. The van der Waals surface area contributed by atoms with E-state index < -0.39 is 0 Å². The Morgan fingerprint density at radius 2 is 2.06 bits per heavy atom. The fourth-order valence-electron chi connectivity index (χ4n) is 1.66. The third-order valence-corrected chi connectivity index (χ3v) is 2.41. The van der Waals surface area contributed by atoms with E-state index in [0.717, 1.165) is 18.7 Å². The summed E-state index contributed by atoms with van der Waals surface area (Å²) in [6.45, 7) is 10.3. The van der Waals surface area contributed by atoms with Crippen molar-refractivity contribution in [1.29, 1.82) is 0 Å². The number of nitrogens with zero attached hydrogens (tertiary/aromatic N) is 1. The summed E-state index contributed by atoms with van der Waals surface area (Å²) in [5, 5.41) is 3.35. The highest BCUT2D eigenvalue weighted by Gasteiger charge is 2.15. The Labute approximate surface area is 110 Å². The molecule has 0 aliphatic heterocycles. The second-order valence-corrected chi connectivity index (χ2v) is 5.64. The third-order valence-electron chi connectivity index (χ3n) is 2.41. The zero-order chi connectivity index (χ0) is 13.8. The molecule has 0 aromatic carbocycles. The van der Waals surface area contributed by atoms with Gasteiger partial charge >= 0.3 is 0 Å². The molecular formula is C14H25N3O. The number of hydrogen-bond acceptors (Lipinski definition) is 4. The first-order valence-electron chi connectivity index (χ1n) is 6.54. The number of nitrogens with one attached hydrogen (secondary N) is 1. The smallest absolute Gasteiger partial charge is 0.239 e. The van der Waals surface area contributed by atoms with Gasteiger partial charge in [0, 0.05) is 6.04 Å². The summed E-state index contributed by atoms with van der Waals surface area (Å²) in [7, 11) is 0. The van der Waals surface area contributed by atoms with Crippen molar-refractivity contribution in [3.63, 3.8) is 0 Å². The molecule has 1 unspecified atom stereocenters. The number of nitrogens with two attached hydrogens (primary N) is 1. The molecule has 1 heterocycles. The number of ether oxygens (including phenoxy) is 1. The van der Waals surface area contributed by atoms with Gasteiger partial charge in [0.05, 0.1) is 5.69 Å². The van der Waals surface area contributed by atoms with Crippen LogP contribution in [0, 0.1) is 0 Å². The number of anilines is 2. The summed E-state index contributed by atoms with van der Waals surface area (Å²) in [5.41, 5.74) is 6.14. The van der Waals surface area contributed by atoms with Crippen molar-refractivity contribution < 1.29 is 4.74 Å². The summed E-state index contributed by atoms with van der Waals surface area (Å²) >= 11 is 0. The Morgan fingerprint density at radius 1 is 1.39 bits per heavy atom. The van der Waals surface area contributed by atoms with E-state index in [0.29, 0.717) is 17.6 Å². The van der Waals surface area contributed by atoms with Gasteiger partial charge in [-0.2, -0.15) is 4.98 Å². The fourth-order valence-corrected chi connectivity index (χ4v) is 1.66. The molecule has 0 radical (unpaired) electrons. The van der Waals surface area contributed by atoms with Crippen molar-refractivity contribution in [2.75, 3.05) is 11.1 Å². The molecule has 4 nitrogen and oxygen atoms in total. The van der Waals surface area contributed by atoms with Crippen molar-refractivity contribution >= 4 is 11.5 Å². The van der Waals surface area contributed by atoms with Crippen molar-refractivity contribution in [2.24, 2.45) is 0 Å². The molecule has 0 fully saturated rings. The maximum atomic E-state index is 5.87. The first kappa shape index (κ1) is 14.6. The maximum Gasteiger partial charge on any atom is 0.239 e. The number of nitrogen functional groups attached to an aromatic ring is 1. The Hall–Kier alpha value is -1.45. The van der Waals surface area contributed by atoms with Gasteiger partial charge in [0.15, 0.2) is 0 Å². The second-order valence-electron chi connectivity index (χ2n) is 5.64. The van der Waals surface area contributed by atoms with Gasteiger partial charge in [-0.15, -0.1) is 0 Å². The van der Waals surface area contributed by atoms with Crippen molar-refractivity contribution in [2.45, 2.75) is 59.1 Å². The first-order valence-corrected chi connectivity index (χ1v) is 6.54. The molecule has 0 bridgehead atoms. The molecule has 18 heavy (non-hydrogen) atoms. The molecule has 0 spiro atoms. The summed E-state index contributed by atoms with van der Waals surface area (Å²) < 4.78 is 5.74. The van der Waals surface area contributed by atoms with Crippen LogP contribution in [-0.4, -0.2) is 16.6 Å². The lowest BCUT2D eigenvalue weighted by molar-refractivity contribution is 0.125. The minimum absolute atomic E-state index is 0.297. The maximum absolute atomic E-state index is 5.87. The van der Waals surface area contributed by atoms with Gasteiger partial charge in [-0.25, -0.2) is 0 Å². The van der Waals surface area contributed by atoms with E-state index in [1.165, 1.54) is 0 Å². The molecule has 3 N–H and O–H groups in total. The van der Waals surface area contributed by atoms with Crippen LogP contribution >= 0.6 is 0 Å². The Balaban J connectivity index is 2.80. The molecule has 1 aromatic heterocycles. The number of aromatic nitrogens is 1. The lowest BCUT2D eigenvalue weighted by Gasteiger charge is -2.22. The molecule has 1 rings (SSSR count). The molecule has 0 amide bonds. The van der Waals surface area contributed by atoms with Crippen LogP contribution in [0.2, 0.25) is 0 Å². The van der Waals surface area contributed by atoms with Crippen LogP contribution in [-0.2, 0) is 0 Å². The van der Waals surface area contributed by atoms with Gasteiger partial charge in [0.2, 0.25) is 5.88 Å². The average molecular weight is 251 g/mol. The van der Waals surface area contributed by atoms with E-state index in [9.17, 15) is 0 Å². The van der Waals surface area contributed by atoms with Gasteiger partial charge in [-0.3, -0.25) is 0 Å². The quantitative estimate of drug-likeness (QED) is 0.841. The minimum Gasteiger partial charge on any atom is -0.470 e. The topological polar surface area (TPSA) is 60.2 Å². The molecule has 102 valence electrons. The SMILES string of the molecule is CCCC(C)Nc1ccc(N)c(OC(C)(C)C)n1. The highest BCUT2D eigenvalue weighted by atomic mass is 16.5. The van der Waals surface area contributed by atoms with Crippen LogP contribution in [0.5, 0.6) is 5.88 Å². The van der Waals surface area contributed by atoms with Crippen LogP contribution < -0.4 is 15.8 Å². The zero-order valence-corrected chi connectivity index (χ0v) is 12.1. The molecule has 0 aliphatic rings. The molecular weight excluding hydrogens is 226 g/mol. The lowest BCUT2D eigenvalue weighted by atomic mass is 10.2. The molecule has 0 aliphatic carbocycles. The molecule has 0 saturated carbocycles. The standard InChI is InChI=1S/C14H25N3O/c1-6-7-10(2)16-12-9-8-11(15)13(17-12)18-14(3,4)5/h8-10H,6-7,15H2,1-5H3,(H,16,17). The number of hydrogen-bond donors (Lipinski definition) is 2. The lowest BCUT2D eigenvalue weighted by Crippen LogP contribution is -2.24. The van der Waals surface area contributed by atoms with Crippen LogP contribution in [0.15, 0.2) is 12.1 Å². The van der Waals surface area contributed by atoms with E-state index in [1.54, 1.807) is 0 Å². The van der Waals surface area contributed by atoms with E-state index >= 15 is 0 Å².